The number of β-lactam (4-membered cyclic amide) rings is 1. The van der Waals surface area contributed by atoms with Gasteiger partial charge in [-0.15, -0.1) is 11.8 Å². The number of thioether (sulfide) groups is 1. The molecule has 3 saturated heterocycles. The van der Waals surface area contributed by atoms with Gasteiger partial charge in [-0.05, 0) is 26.0 Å². The van der Waals surface area contributed by atoms with E-state index in [2.05, 4.69) is 20.9 Å². The molecule has 18 nitrogen and oxygen atoms in total. The zero-order chi connectivity index (χ0) is 32.6. The van der Waals surface area contributed by atoms with Crippen molar-refractivity contribution in [3.63, 3.8) is 0 Å². The first-order valence-corrected chi connectivity index (χ1v) is 16.3. The van der Waals surface area contributed by atoms with E-state index < -0.39 is 67.4 Å². The summed E-state index contributed by atoms with van der Waals surface area (Å²) in [5.74, 6) is -3.43. The van der Waals surface area contributed by atoms with Gasteiger partial charge in [0.2, 0.25) is 22.1 Å². The molecule has 7 amide bonds. The number of anilines is 1. The Morgan fingerprint density at radius 2 is 1.91 bits per heavy atom. The fraction of sp³-hybridized carbons (Fsp3) is 0.435. The lowest BCUT2D eigenvalue weighted by Gasteiger charge is -2.49. The molecule has 21 heteroatoms. The number of sulfonamides is 1. The number of amides is 7. The summed E-state index contributed by atoms with van der Waals surface area (Å²) in [6.07, 6.45) is 0.971. The van der Waals surface area contributed by atoms with Crippen LogP contribution >= 0.6 is 23.1 Å². The van der Waals surface area contributed by atoms with E-state index in [1.165, 1.54) is 32.0 Å². The fourth-order valence-corrected chi connectivity index (χ4v) is 8.73. The predicted molar refractivity (Wildman–Crippen MR) is 156 cm³/mol. The highest BCUT2D eigenvalue weighted by atomic mass is 32.2. The van der Waals surface area contributed by atoms with E-state index in [0.29, 0.717) is 19.4 Å². The van der Waals surface area contributed by atoms with Crippen LogP contribution in [0.4, 0.5) is 14.7 Å². The Hall–Kier alpha value is -4.21. The number of hydrogen-bond acceptors (Lipinski definition) is 13. The number of rotatable bonds is 8. The maximum atomic E-state index is 13.9. The number of aromatic nitrogens is 1. The second kappa shape index (κ2) is 10.2. The van der Waals surface area contributed by atoms with Gasteiger partial charge in [-0.3, -0.25) is 25.0 Å². The third-order valence-electron chi connectivity index (χ3n) is 7.69. The molecular formula is C23H27N9O9S3. The summed E-state index contributed by atoms with van der Waals surface area (Å²) in [7, 11) is -3.99. The number of aliphatic carboxylic acids is 1. The number of hydrogen-bond donors (Lipinski definition) is 6. The van der Waals surface area contributed by atoms with Gasteiger partial charge in [0.15, 0.2) is 10.8 Å². The van der Waals surface area contributed by atoms with Gasteiger partial charge >= 0.3 is 18.0 Å². The molecule has 3 aliphatic heterocycles. The van der Waals surface area contributed by atoms with E-state index in [-0.39, 0.29) is 30.2 Å². The van der Waals surface area contributed by atoms with Crippen molar-refractivity contribution in [3.8, 4) is 0 Å². The molecule has 8 N–H and O–H groups in total. The van der Waals surface area contributed by atoms with Crippen LogP contribution in [-0.4, -0.2) is 110 Å². The Morgan fingerprint density at radius 3 is 2.50 bits per heavy atom. The van der Waals surface area contributed by atoms with E-state index in [9.17, 15) is 42.3 Å². The monoisotopic (exact) mass is 669 g/mol. The Kier molecular flexibility index (Phi) is 7.22. The van der Waals surface area contributed by atoms with Crippen molar-refractivity contribution >= 4 is 84.7 Å². The van der Waals surface area contributed by atoms with E-state index in [4.69, 9.17) is 11.5 Å². The minimum absolute atomic E-state index is 0.00310. The lowest BCUT2D eigenvalue weighted by Crippen LogP contribution is -2.80. The lowest BCUT2D eigenvalue weighted by molar-refractivity contribution is -0.175. The van der Waals surface area contributed by atoms with Crippen molar-refractivity contribution in [2.24, 2.45) is 5.73 Å². The van der Waals surface area contributed by atoms with E-state index in [1.807, 2.05) is 0 Å². The van der Waals surface area contributed by atoms with Gasteiger partial charge in [0.05, 0.1) is 34.3 Å². The van der Waals surface area contributed by atoms with Crippen LogP contribution < -0.4 is 27.4 Å². The van der Waals surface area contributed by atoms with Crippen LogP contribution in [0.15, 0.2) is 18.2 Å². The van der Waals surface area contributed by atoms with Gasteiger partial charge in [-0.2, -0.15) is 0 Å². The van der Waals surface area contributed by atoms with Crippen molar-refractivity contribution in [2.45, 2.75) is 41.3 Å². The van der Waals surface area contributed by atoms with Gasteiger partial charge in [0.25, 0.3) is 11.8 Å². The zero-order valence-electron chi connectivity index (χ0n) is 23.3. The molecule has 0 aliphatic carbocycles. The molecule has 4 atom stereocenters. The van der Waals surface area contributed by atoms with Gasteiger partial charge in [0.1, 0.15) is 11.4 Å². The molecule has 1 aromatic heterocycles. The number of carbonyl (C=O) groups is 6. The molecular weight excluding hydrogens is 643 g/mol. The smallest absolute Gasteiger partial charge is 0.352 e. The van der Waals surface area contributed by atoms with Crippen molar-refractivity contribution in [1.82, 2.24) is 35.0 Å². The molecule has 0 spiro atoms. The Bertz CT molecular complexity index is 1750. The lowest BCUT2D eigenvalue weighted by atomic mass is 9.88. The van der Waals surface area contributed by atoms with Crippen LogP contribution in [0.5, 0.6) is 0 Å². The van der Waals surface area contributed by atoms with Gasteiger partial charge in [-0.25, -0.2) is 37.0 Å². The Balaban J connectivity index is 1.47. The molecule has 4 heterocycles. The van der Waals surface area contributed by atoms with Crippen molar-refractivity contribution < 1.29 is 42.3 Å². The normalized spacial score (nSPS) is 25.7. The largest absolute Gasteiger partial charge is 0.478 e. The van der Waals surface area contributed by atoms with Crippen LogP contribution in [0.3, 0.4) is 0 Å². The molecule has 0 saturated carbocycles. The number of carboxylic acid groups (broad SMARTS) is 1. The minimum atomic E-state index is -3.99. The number of fused-ring (bicyclic) bond motifs is 2. The summed E-state index contributed by atoms with van der Waals surface area (Å²) >= 11 is 2.08. The number of imide groups is 1. The van der Waals surface area contributed by atoms with Crippen LogP contribution in [0.25, 0.3) is 10.2 Å². The van der Waals surface area contributed by atoms with Gasteiger partial charge in [0, 0.05) is 5.56 Å². The van der Waals surface area contributed by atoms with Crippen molar-refractivity contribution in [3.05, 3.63) is 23.8 Å². The summed E-state index contributed by atoms with van der Waals surface area (Å²) < 4.78 is 23.6. The molecule has 0 bridgehead atoms. The number of nitrogens with one attached hydrogen (secondary N) is 3. The molecule has 5 rings (SSSR count). The third-order valence-corrected chi connectivity index (χ3v) is 11.3. The SMILES string of the molecule is CC1(C)S[C@@H]2[C@@H](NC(=O)C(N)(NC(=O)N3CCN(S(C)(=O)=O)C3=O)c3ccc4nc(N)sc4c3)C(=O)N2[C@@]1(NC=O)C(=O)O. The van der Waals surface area contributed by atoms with Crippen LogP contribution in [-0.2, 0) is 34.9 Å². The topological polar surface area (TPSA) is 268 Å². The summed E-state index contributed by atoms with van der Waals surface area (Å²) in [5.41, 5.74) is 8.25. The highest BCUT2D eigenvalue weighted by molar-refractivity contribution is 8.01. The standard InChI is InChI=1S/C23H27N9O9S3/c1-21(2)23(17(36)37,26-9-33)32-14(34)13(15(32)43-21)28-16(35)22(25,10-4-5-11-12(8-10)42-18(24)27-11)29-19(38)30-6-7-31(20(30)39)44(3,40)41/h4-5,8-9,13,15H,6-7,25H2,1-3H3,(H2,24,27)(H,26,33)(H,28,35)(H,29,38)(H,36,37)/t13-,15+,22?,23-/m0/s1. The highest BCUT2D eigenvalue weighted by Gasteiger charge is 2.73. The number of nitrogen functional groups attached to an aromatic ring is 1. The van der Waals surface area contributed by atoms with E-state index in [1.54, 1.807) is 0 Å². The van der Waals surface area contributed by atoms with Gasteiger partial charge < -0.3 is 26.8 Å². The quantitative estimate of drug-likeness (QED) is 0.102. The van der Waals surface area contributed by atoms with Crippen LogP contribution in [0, 0.1) is 0 Å². The summed E-state index contributed by atoms with van der Waals surface area (Å²) in [6.45, 7) is 2.39. The highest BCUT2D eigenvalue weighted by Crippen LogP contribution is 2.55. The Labute approximate surface area is 257 Å². The average Bonchev–Trinajstić information content (AvgIpc) is 3.56. The Morgan fingerprint density at radius 1 is 1.23 bits per heavy atom. The van der Waals surface area contributed by atoms with E-state index in [0.717, 1.165) is 34.3 Å². The first-order valence-electron chi connectivity index (χ1n) is 12.7. The number of benzene rings is 1. The maximum absolute atomic E-state index is 13.9. The molecule has 2 aromatic rings. The average molecular weight is 670 g/mol. The molecule has 1 aromatic carbocycles. The molecule has 236 valence electrons. The third kappa shape index (κ3) is 4.49. The number of carbonyl (C=O) groups excluding carboxylic acids is 5. The van der Waals surface area contributed by atoms with Gasteiger partial charge in [-0.1, -0.05) is 17.4 Å². The van der Waals surface area contributed by atoms with Crippen molar-refractivity contribution in [1.29, 1.82) is 0 Å². The summed E-state index contributed by atoms with van der Waals surface area (Å²) in [4.78, 5) is 82.6. The maximum Gasteiger partial charge on any atom is 0.352 e. The zero-order valence-corrected chi connectivity index (χ0v) is 25.7. The fourth-order valence-electron chi connectivity index (χ4n) is 5.45. The molecule has 0 radical (unpaired) electrons. The number of thiazole rings is 1. The van der Waals surface area contributed by atoms with Crippen molar-refractivity contribution in [2.75, 3.05) is 25.1 Å². The van der Waals surface area contributed by atoms with Crippen LogP contribution in [0.2, 0.25) is 0 Å². The minimum Gasteiger partial charge on any atom is -0.478 e. The second-order valence-electron chi connectivity index (χ2n) is 10.7. The molecule has 1 unspecified atom stereocenters. The number of urea groups is 2. The number of nitrogens with zero attached hydrogens (tertiary/aromatic N) is 4. The predicted octanol–water partition coefficient (Wildman–Crippen LogP) is -1.90. The van der Waals surface area contributed by atoms with E-state index >= 15 is 0 Å². The molecule has 44 heavy (non-hydrogen) atoms. The summed E-state index contributed by atoms with van der Waals surface area (Å²) in [6, 6.07) is 0.633. The summed E-state index contributed by atoms with van der Waals surface area (Å²) in [5, 5.41) is 16.3. The first kappa shape index (κ1) is 31.2. The number of nitrogens with two attached hydrogens (primary N) is 2. The van der Waals surface area contributed by atoms with Crippen LogP contribution in [0.1, 0.15) is 19.4 Å². The second-order valence-corrected chi connectivity index (χ2v) is 15.4. The molecule has 3 fully saturated rings. The first-order chi connectivity index (χ1) is 20.4. The molecule has 3 aliphatic rings. The number of carboxylic acids is 1.